The van der Waals surface area contributed by atoms with E-state index in [1.807, 2.05) is 11.8 Å². The van der Waals surface area contributed by atoms with Crippen molar-refractivity contribution >= 4 is 5.91 Å². The lowest BCUT2D eigenvalue weighted by atomic mass is 9.88. The molecule has 15 heavy (non-hydrogen) atoms. The van der Waals surface area contributed by atoms with Crippen molar-refractivity contribution in [2.75, 3.05) is 26.2 Å². The number of hydrogen-bond acceptors (Lipinski definition) is 3. The molecule has 86 valence electrons. The van der Waals surface area contributed by atoms with Gasteiger partial charge in [-0.25, -0.2) is 0 Å². The summed E-state index contributed by atoms with van der Waals surface area (Å²) in [6.45, 7) is 4.88. The van der Waals surface area contributed by atoms with Gasteiger partial charge in [-0.1, -0.05) is 6.92 Å². The standard InChI is InChI=1S/C11H20N2O2/c1-8(9-5-12-6-9)11(15)13-4-2-3-10(13)7-14/h8-10,12,14H,2-7H2,1H3/t8?,10-/m0/s1. The summed E-state index contributed by atoms with van der Waals surface area (Å²) < 4.78 is 0. The van der Waals surface area contributed by atoms with Crippen LogP contribution in [-0.4, -0.2) is 48.2 Å². The lowest BCUT2D eigenvalue weighted by Gasteiger charge is -2.35. The van der Waals surface area contributed by atoms with Crippen molar-refractivity contribution in [1.29, 1.82) is 0 Å². The number of nitrogens with one attached hydrogen (secondary N) is 1. The van der Waals surface area contributed by atoms with Gasteiger partial charge in [0.15, 0.2) is 0 Å². The Bertz CT molecular complexity index is 241. The van der Waals surface area contributed by atoms with Crippen molar-refractivity contribution < 1.29 is 9.90 Å². The van der Waals surface area contributed by atoms with Crippen LogP contribution in [0.4, 0.5) is 0 Å². The number of nitrogens with zero attached hydrogens (tertiary/aromatic N) is 1. The summed E-state index contributed by atoms with van der Waals surface area (Å²) in [5.41, 5.74) is 0. The zero-order chi connectivity index (χ0) is 10.8. The van der Waals surface area contributed by atoms with Crippen LogP contribution in [-0.2, 0) is 4.79 Å². The van der Waals surface area contributed by atoms with E-state index < -0.39 is 0 Å². The average Bonchev–Trinajstić information content (AvgIpc) is 2.61. The molecule has 1 unspecified atom stereocenters. The minimum absolute atomic E-state index is 0.0768. The molecule has 2 heterocycles. The zero-order valence-electron chi connectivity index (χ0n) is 9.28. The van der Waals surface area contributed by atoms with Crippen LogP contribution in [0.25, 0.3) is 0 Å². The summed E-state index contributed by atoms with van der Waals surface area (Å²) >= 11 is 0. The van der Waals surface area contributed by atoms with E-state index in [9.17, 15) is 9.90 Å². The molecule has 0 spiro atoms. The second-order valence-corrected chi connectivity index (χ2v) is 4.72. The number of hydrogen-bond donors (Lipinski definition) is 2. The maximum Gasteiger partial charge on any atom is 0.226 e. The SMILES string of the molecule is CC(C(=O)N1CCC[C@H]1CO)C1CNC1. The van der Waals surface area contributed by atoms with E-state index in [1.165, 1.54) is 0 Å². The lowest BCUT2D eigenvalue weighted by molar-refractivity contribution is -0.138. The van der Waals surface area contributed by atoms with Crippen molar-refractivity contribution in [3.8, 4) is 0 Å². The number of aliphatic hydroxyl groups is 1. The van der Waals surface area contributed by atoms with Crippen LogP contribution in [0, 0.1) is 11.8 Å². The minimum Gasteiger partial charge on any atom is -0.394 e. The number of likely N-dealkylation sites (tertiary alicyclic amines) is 1. The third kappa shape index (κ3) is 2.01. The topological polar surface area (TPSA) is 52.6 Å². The Kier molecular flexibility index (Phi) is 3.26. The number of amides is 1. The van der Waals surface area contributed by atoms with Gasteiger partial charge >= 0.3 is 0 Å². The van der Waals surface area contributed by atoms with E-state index in [-0.39, 0.29) is 24.5 Å². The fourth-order valence-electron chi connectivity index (χ4n) is 2.44. The van der Waals surface area contributed by atoms with Crippen molar-refractivity contribution in [1.82, 2.24) is 10.2 Å². The predicted octanol–water partition coefficient (Wildman–Crippen LogP) is -0.175. The van der Waals surface area contributed by atoms with Gasteiger partial charge in [0.25, 0.3) is 0 Å². The van der Waals surface area contributed by atoms with Gasteiger partial charge < -0.3 is 15.3 Å². The molecule has 2 fully saturated rings. The van der Waals surface area contributed by atoms with Gasteiger partial charge in [0.1, 0.15) is 0 Å². The molecular formula is C11H20N2O2. The Hall–Kier alpha value is -0.610. The average molecular weight is 212 g/mol. The molecule has 2 atom stereocenters. The molecule has 2 aliphatic rings. The Morgan fingerprint density at radius 1 is 1.60 bits per heavy atom. The Morgan fingerprint density at radius 2 is 2.33 bits per heavy atom. The Balaban J connectivity index is 1.93. The van der Waals surface area contributed by atoms with Crippen molar-refractivity contribution in [2.45, 2.75) is 25.8 Å². The quantitative estimate of drug-likeness (QED) is 0.682. The Labute approximate surface area is 90.6 Å². The van der Waals surface area contributed by atoms with Crippen LogP contribution >= 0.6 is 0 Å². The maximum atomic E-state index is 12.1. The molecule has 2 N–H and O–H groups in total. The van der Waals surface area contributed by atoms with E-state index in [0.29, 0.717) is 5.92 Å². The highest BCUT2D eigenvalue weighted by atomic mass is 16.3. The van der Waals surface area contributed by atoms with Gasteiger partial charge in [-0.2, -0.15) is 0 Å². The summed E-state index contributed by atoms with van der Waals surface area (Å²) in [7, 11) is 0. The smallest absolute Gasteiger partial charge is 0.226 e. The van der Waals surface area contributed by atoms with Crippen LogP contribution in [0.1, 0.15) is 19.8 Å². The van der Waals surface area contributed by atoms with E-state index in [0.717, 1.165) is 32.5 Å². The van der Waals surface area contributed by atoms with Gasteiger partial charge in [-0.3, -0.25) is 4.79 Å². The first-order valence-electron chi connectivity index (χ1n) is 5.86. The van der Waals surface area contributed by atoms with Gasteiger partial charge in [0.05, 0.1) is 12.6 Å². The van der Waals surface area contributed by atoms with E-state index in [4.69, 9.17) is 0 Å². The van der Waals surface area contributed by atoms with Gasteiger partial charge in [0, 0.05) is 12.5 Å². The molecular weight excluding hydrogens is 192 g/mol. The van der Waals surface area contributed by atoms with E-state index in [2.05, 4.69) is 5.32 Å². The molecule has 0 aromatic rings. The number of carbonyl (C=O) groups is 1. The highest BCUT2D eigenvalue weighted by Gasteiger charge is 2.35. The fraction of sp³-hybridized carbons (Fsp3) is 0.909. The molecule has 0 aromatic carbocycles. The first-order chi connectivity index (χ1) is 7.24. The molecule has 0 aromatic heterocycles. The van der Waals surface area contributed by atoms with Gasteiger partial charge in [-0.15, -0.1) is 0 Å². The molecule has 4 heteroatoms. The van der Waals surface area contributed by atoms with Crippen molar-refractivity contribution in [3.05, 3.63) is 0 Å². The van der Waals surface area contributed by atoms with Crippen molar-refractivity contribution in [3.63, 3.8) is 0 Å². The number of carbonyl (C=O) groups excluding carboxylic acids is 1. The molecule has 2 saturated heterocycles. The maximum absolute atomic E-state index is 12.1. The predicted molar refractivity (Wildman–Crippen MR) is 57.3 cm³/mol. The summed E-state index contributed by atoms with van der Waals surface area (Å²) in [6.07, 6.45) is 1.99. The van der Waals surface area contributed by atoms with Crippen LogP contribution in [0.3, 0.4) is 0 Å². The highest BCUT2D eigenvalue weighted by molar-refractivity contribution is 5.79. The normalized spacial score (nSPS) is 28.9. The molecule has 2 rings (SSSR count). The van der Waals surface area contributed by atoms with Crippen molar-refractivity contribution in [2.24, 2.45) is 11.8 Å². The first-order valence-corrected chi connectivity index (χ1v) is 5.86. The lowest BCUT2D eigenvalue weighted by Crippen LogP contribution is -2.51. The zero-order valence-corrected chi connectivity index (χ0v) is 9.28. The highest BCUT2D eigenvalue weighted by Crippen LogP contribution is 2.24. The first kappa shape index (κ1) is 10.9. The summed E-state index contributed by atoms with van der Waals surface area (Å²) in [4.78, 5) is 14.0. The van der Waals surface area contributed by atoms with Crippen LogP contribution in [0.15, 0.2) is 0 Å². The second-order valence-electron chi connectivity index (χ2n) is 4.72. The molecule has 0 radical (unpaired) electrons. The second kappa shape index (κ2) is 4.49. The van der Waals surface area contributed by atoms with E-state index >= 15 is 0 Å². The minimum atomic E-state index is 0.0768. The summed E-state index contributed by atoms with van der Waals surface area (Å²) in [5.74, 6) is 0.842. The number of aliphatic hydroxyl groups excluding tert-OH is 1. The van der Waals surface area contributed by atoms with Crippen LogP contribution in [0.5, 0.6) is 0 Å². The molecule has 0 aliphatic carbocycles. The monoisotopic (exact) mass is 212 g/mol. The number of rotatable bonds is 3. The Morgan fingerprint density at radius 3 is 2.87 bits per heavy atom. The molecule has 0 saturated carbocycles. The summed E-state index contributed by atoms with van der Waals surface area (Å²) in [5, 5.41) is 12.4. The third-order valence-electron chi connectivity index (χ3n) is 3.78. The molecule has 4 nitrogen and oxygen atoms in total. The molecule has 1 amide bonds. The van der Waals surface area contributed by atoms with Crippen LogP contribution in [0.2, 0.25) is 0 Å². The summed E-state index contributed by atoms with van der Waals surface area (Å²) in [6, 6.07) is 0.0768. The fourth-order valence-corrected chi connectivity index (χ4v) is 2.44. The van der Waals surface area contributed by atoms with E-state index in [1.54, 1.807) is 0 Å². The van der Waals surface area contributed by atoms with Gasteiger partial charge in [0.2, 0.25) is 5.91 Å². The molecule has 2 aliphatic heterocycles. The van der Waals surface area contributed by atoms with Gasteiger partial charge in [-0.05, 0) is 31.8 Å². The largest absolute Gasteiger partial charge is 0.394 e. The molecule has 0 bridgehead atoms. The van der Waals surface area contributed by atoms with Crippen LogP contribution < -0.4 is 5.32 Å². The third-order valence-corrected chi connectivity index (χ3v) is 3.78.